The number of amides is 2. The van der Waals surface area contributed by atoms with Crippen molar-refractivity contribution in [3.05, 3.63) is 81.9 Å². The molecule has 3 aromatic rings. The predicted molar refractivity (Wildman–Crippen MR) is 129 cm³/mol. The van der Waals surface area contributed by atoms with Crippen molar-refractivity contribution in [3.8, 4) is 16.9 Å². The van der Waals surface area contributed by atoms with E-state index in [1.54, 1.807) is 38.1 Å². The van der Waals surface area contributed by atoms with E-state index in [1.807, 2.05) is 54.6 Å². The third-order valence-electron chi connectivity index (χ3n) is 5.58. The molecule has 0 unspecified atom stereocenters. The normalized spacial score (nSPS) is 12.3. The second-order valence-corrected chi connectivity index (χ2v) is 7.95. The molecule has 1 N–H and O–H groups in total. The largest absolute Gasteiger partial charge is 0.496 e. The number of anilines is 1. The molecule has 6 heteroatoms. The number of hydrogen-bond donors (Lipinski definition) is 1. The summed E-state index contributed by atoms with van der Waals surface area (Å²) < 4.78 is 5.70. The van der Waals surface area contributed by atoms with Crippen molar-refractivity contribution < 1.29 is 14.3 Å². The average Bonchev–Trinajstić information content (AvgIpc) is 2.79. The molecular weight excluding hydrogens is 424 g/mol. The first-order chi connectivity index (χ1) is 15.4. The van der Waals surface area contributed by atoms with Gasteiger partial charge in [0.15, 0.2) is 0 Å². The number of nitrogens with zero attached hydrogens (tertiary/aromatic N) is 1. The van der Waals surface area contributed by atoms with Crippen LogP contribution in [0.4, 0.5) is 5.69 Å². The van der Waals surface area contributed by atoms with Crippen LogP contribution in [-0.4, -0.2) is 26.0 Å². The van der Waals surface area contributed by atoms with Crippen LogP contribution in [0.5, 0.6) is 5.75 Å². The highest BCUT2D eigenvalue weighted by Crippen LogP contribution is 2.38. The van der Waals surface area contributed by atoms with E-state index in [1.165, 1.54) is 0 Å². The summed E-state index contributed by atoms with van der Waals surface area (Å²) in [6.07, 6.45) is 3.95. The minimum atomic E-state index is -0.175. The van der Waals surface area contributed by atoms with Gasteiger partial charge in [-0.25, -0.2) is 0 Å². The van der Waals surface area contributed by atoms with E-state index in [0.29, 0.717) is 22.9 Å². The second-order valence-electron chi connectivity index (χ2n) is 7.52. The van der Waals surface area contributed by atoms with Gasteiger partial charge in [-0.2, -0.15) is 0 Å². The SMILES string of the molecule is CNC(=O)c1ccccc1-c1cc2c(cc1OC)C=Cc1cc(Cl)ccc1N(C(C)=O)C2. The minimum absolute atomic E-state index is 0.0713. The lowest BCUT2D eigenvalue weighted by atomic mass is 9.92. The first-order valence-corrected chi connectivity index (χ1v) is 10.6. The third-order valence-corrected chi connectivity index (χ3v) is 5.82. The number of rotatable bonds is 3. The topological polar surface area (TPSA) is 58.6 Å². The fourth-order valence-corrected chi connectivity index (χ4v) is 4.16. The summed E-state index contributed by atoms with van der Waals surface area (Å²) in [6, 6.07) is 16.8. The number of halogens is 1. The van der Waals surface area contributed by atoms with Gasteiger partial charge in [0.05, 0.1) is 19.3 Å². The first-order valence-electron chi connectivity index (χ1n) is 10.2. The van der Waals surface area contributed by atoms with Gasteiger partial charge in [0.25, 0.3) is 5.91 Å². The van der Waals surface area contributed by atoms with Gasteiger partial charge in [0.1, 0.15) is 5.75 Å². The molecule has 1 aliphatic heterocycles. The number of benzene rings is 3. The van der Waals surface area contributed by atoms with Gasteiger partial charge in [-0.3, -0.25) is 9.59 Å². The molecule has 0 radical (unpaired) electrons. The highest BCUT2D eigenvalue weighted by Gasteiger charge is 2.22. The molecule has 162 valence electrons. The van der Waals surface area contributed by atoms with Gasteiger partial charge < -0.3 is 15.0 Å². The summed E-state index contributed by atoms with van der Waals surface area (Å²) in [7, 11) is 3.22. The lowest BCUT2D eigenvalue weighted by molar-refractivity contribution is -0.116. The van der Waals surface area contributed by atoms with Crippen molar-refractivity contribution in [1.29, 1.82) is 0 Å². The molecular formula is C26H23ClN2O3. The van der Waals surface area contributed by atoms with Crippen molar-refractivity contribution in [1.82, 2.24) is 5.32 Å². The molecule has 5 nitrogen and oxygen atoms in total. The first kappa shape index (κ1) is 21.7. The van der Waals surface area contributed by atoms with E-state index in [-0.39, 0.29) is 11.8 Å². The predicted octanol–water partition coefficient (Wildman–Crippen LogP) is 5.41. The molecule has 3 aromatic carbocycles. The zero-order valence-corrected chi connectivity index (χ0v) is 18.9. The fraction of sp³-hybridized carbons (Fsp3) is 0.154. The molecule has 0 aromatic heterocycles. The van der Waals surface area contributed by atoms with E-state index >= 15 is 0 Å². The van der Waals surface area contributed by atoms with E-state index in [4.69, 9.17) is 16.3 Å². The Labute approximate surface area is 192 Å². The van der Waals surface area contributed by atoms with Crippen molar-refractivity contribution in [2.24, 2.45) is 0 Å². The van der Waals surface area contributed by atoms with Gasteiger partial charge >= 0.3 is 0 Å². The van der Waals surface area contributed by atoms with Crippen LogP contribution in [0.15, 0.2) is 54.6 Å². The Morgan fingerprint density at radius 1 is 1.00 bits per heavy atom. The molecule has 4 rings (SSSR count). The van der Waals surface area contributed by atoms with Crippen molar-refractivity contribution in [3.63, 3.8) is 0 Å². The van der Waals surface area contributed by atoms with Gasteiger partial charge in [-0.1, -0.05) is 42.0 Å². The number of hydrogen-bond acceptors (Lipinski definition) is 3. The van der Waals surface area contributed by atoms with Crippen molar-refractivity contribution >= 4 is 41.3 Å². The Hall–Kier alpha value is -3.57. The molecule has 0 saturated carbocycles. The number of ether oxygens (including phenoxy) is 1. The average molecular weight is 447 g/mol. The summed E-state index contributed by atoms with van der Waals surface area (Å²) in [5.74, 6) is 0.398. The highest BCUT2D eigenvalue weighted by atomic mass is 35.5. The zero-order valence-electron chi connectivity index (χ0n) is 18.1. The van der Waals surface area contributed by atoms with E-state index in [0.717, 1.165) is 33.5 Å². The summed E-state index contributed by atoms with van der Waals surface area (Å²) >= 11 is 6.20. The summed E-state index contributed by atoms with van der Waals surface area (Å²) in [6.45, 7) is 1.93. The van der Waals surface area contributed by atoms with Crippen LogP contribution < -0.4 is 15.0 Å². The second kappa shape index (κ2) is 8.89. The number of carbonyl (C=O) groups is 2. The Kier molecular flexibility index (Phi) is 6.01. The number of fused-ring (bicyclic) bond motifs is 2. The number of nitrogens with one attached hydrogen (secondary N) is 1. The Bertz CT molecular complexity index is 1250. The van der Waals surface area contributed by atoms with Crippen molar-refractivity contribution in [2.75, 3.05) is 19.1 Å². The van der Waals surface area contributed by atoms with Crippen LogP contribution in [0.2, 0.25) is 5.02 Å². The maximum absolute atomic E-state index is 12.6. The van der Waals surface area contributed by atoms with Crippen molar-refractivity contribution in [2.45, 2.75) is 13.5 Å². The monoisotopic (exact) mass is 446 g/mol. The van der Waals surface area contributed by atoms with E-state index < -0.39 is 0 Å². The van der Waals surface area contributed by atoms with Gasteiger partial charge in [-0.15, -0.1) is 0 Å². The molecule has 0 atom stereocenters. The molecule has 0 spiro atoms. The van der Waals surface area contributed by atoms with Crippen LogP contribution in [-0.2, 0) is 11.3 Å². The van der Waals surface area contributed by atoms with Crippen LogP contribution in [0.1, 0.15) is 34.0 Å². The molecule has 1 aliphatic rings. The number of carbonyl (C=O) groups excluding carboxylic acids is 2. The van der Waals surface area contributed by atoms with Gasteiger partial charge in [-0.05, 0) is 58.7 Å². The molecule has 0 bridgehead atoms. The molecule has 0 fully saturated rings. The molecule has 0 aliphatic carbocycles. The van der Waals surface area contributed by atoms with Crippen LogP contribution in [0, 0.1) is 0 Å². The maximum Gasteiger partial charge on any atom is 0.251 e. The Morgan fingerprint density at radius 3 is 2.47 bits per heavy atom. The van der Waals surface area contributed by atoms with Crippen LogP contribution in [0.25, 0.3) is 23.3 Å². The lowest BCUT2D eigenvalue weighted by Gasteiger charge is -2.27. The van der Waals surface area contributed by atoms with Gasteiger partial charge in [0, 0.05) is 30.1 Å². The smallest absolute Gasteiger partial charge is 0.251 e. The molecule has 32 heavy (non-hydrogen) atoms. The lowest BCUT2D eigenvalue weighted by Crippen LogP contribution is -2.29. The fourth-order valence-electron chi connectivity index (χ4n) is 3.98. The quantitative estimate of drug-likeness (QED) is 0.585. The summed E-state index contributed by atoms with van der Waals surface area (Å²) in [5, 5.41) is 3.30. The van der Waals surface area contributed by atoms with Crippen LogP contribution >= 0.6 is 11.6 Å². The third kappa shape index (κ3) is 3.99. The summed E-state index contributed by atoms with van der Waals surface area (Å²) in [5.41, 5.74) is 5.65. The van der Waals surface area contributed by atoms with Crippen LogP contribution in [0.3, 0.4) is 0 Å². The Balaban J connectivity index is 1.93. The Morgan fingerprint density at radius 2 is 1.75 bits per heavy atom. The molecule has 0 saturated heterocycles. The zero-order chi connectivity index (χ0) is 22.8. The highest BCUT2D eigenvalue weighted by molar-refractivity contribution is 6.31. The summed E-state index contributed by atoms with van der Waals surface area (Å²) in [4.78, 5) is 26.8. The van der Waals surface area contributed by atoms with E-state index in [2.05, 4.69) is 5.32 Å². The molecule has 2 amide bonds. The maximum atomic E-state index is 12.6. The van der Waals surface area contributed by atoms with Gasteiger partial charge in [0.2, 0.25) is 5.91 Å². The minimum Gasteiger partial charge on any atom is -0.496 e. The number of methoxy groups -OCH3 is 1. The molecule has 1 heterocycles. The standard InChI is InChI=1S/C26H23ClN2O3/c1-16(30)29-15-19-13-23(21-6-4-5-7-22(21)26(31)28-2)25(32-3)14-17(19)8-9-18-12-20(27)10-11-24(18)29/h4-14H,15H2,1-3H3,(H,28,31). The van der Waals surface area contributed by atoms with E-state index in [9.17, 15) is 9.59 Å².